The Labute approximate surface area is 508 Å². The van der Waals surface area contributed by atoms with Crippen molar-refractivity contribution >= 4 is 58.7 Å². The standard InChI is InChI=1S/C60H87Cl2N5O18/c1-15-43-59(10)60(67(55(74)85-59)19-16-22-79-42-26-37(17-18-41(42)75-12)51(71)64-45-38(61)29-63-30-39(45)62)31-56(60,7)48(69)32(2)27-58(9,77-14)50(84-53-46(68)40(25-33(3)80-53)65(11)54(73)66-20-23-78-24-21-66)34(4)47(35(5)52(72)82-43)83-44-28-57(8,76-13)49(70)36(6)81-44/h17-18,26,29-30,32-36,40,43-44,46-47,49-50,53,68,70H,15-16,19-25,27-28,31H2,1-14H3,(H,63,64,71)/t32-,33-,34+,35-,36+,40+,43-,44+,46-,47+,49+,50-,53+,56+,57-,58-,59-,60-/m1/s1. The lowest BCUT2D eigenvalue weighted by atomic mass is 9.73. The van der Waals surface area contributed by atoms with Crippen molar-refractivity contribution in [1.82, 2.24) is 19.7 Å². The number of pyridine rings is 1. The van der Waals surface area contributed by atoms with Crippen LogP contribution in [0.5, 0.6) is 11.5 Å². The van der Waals surface area contributed by atoms with Gasteiger partial charge in [0.1, 0.15) is 29.6 Å². The number of ketones is 1. The number of nitrogens with zero attached hydrogens (tertiary/aromatic N) is 4. The summed E-state index contributed by atoms with van der Waals surface area (Å²) in [6.07, 6.45) is -6.60. The summed E-state index contributed by atoms with van der Waals surface area (Å²) in [4.78, 5) is 81.8. The third-order valence-corrected chi connectivity index (χ3v) is 19.7. The Hall–Kier alpha value is -4.66. The summed E-state index contributed by atoms with van der Waals surface area (Å²) in [5, 5.41) is 26.6. The maximum Gasteiger partial charge on any atom is 0.411 e. The van der Waals surface area contributed by atoms with E-state index in [2.05, 4.69) is 10.3 Å². The zero-order valence-electron chi connectivity index (χ0n) is 51.3. The Kier molecular flexibility index (Phi) is 20.4. The van der Waals surface area contributed by atoms with Crippen molar-refractivity contribution < 1.29 is 86.3 Å². The van der Waals surface area contributed by atoms with E-state index >= 15 is 9.59 Å². The topological polar surface area (TPSA) is 262 Å². The number of aliphatic hydroxyl groups is 2. The minimum Gasteiger partial charge on any atom is -0.493 e. The Morgan fingerprint density at radius 1 is 0.906 bits per heavy atom. The van der Waals surface area contributed by atoms with E-state index in [1.165, 1.54) is 44.7 Å². The van der Waals surface area contributed by atoms with Crippen LogP contribution >= 0.6 is 23.2 Å². The van der Waals surface area contributed by atoms with Crippen LogP contribution in [0, 0.1) is 23.2 Å². The number of carbonyl (C=O) groups excluding carboxylic acids is 5. The molecule has 23 nitrogen and oxygen atoms in total. The maximum atomic E-state index is 15.7. The third-order valence-electron chi connectivity index (χ3n) is 19.1. The van der Waals surface area contributed by atoms with Crippen LogP contribution < -0.4 is 14.8 Å². The maximum absolute atomic E-state index is 15.7. The highest BCUT2D eigenvalue weighted by Crippen LogP contribution is 2.71. The molecule has 6 heterocycles. The normalized spacial score (nSPS) is 38.0. The fourth-order valence-electron chi connectivity index (χ4n) is 14.1. The smallest absolute Gasteiger partial charge is 0.411 e. The van der Waals surface area contributed by atoms with Crippen LogP contribution in [0.25, 0.3) is 0 Å². The van der Waals surface area contributed by atoms with Crippen LogP contribution in [0.1, 0.15) is 118 Å². The van der Waals surface area contributed by atoms with Crippen molar-refractivity contribution in [3.8, 4) is 11.5 Å². The molecule has 1 aromatic carbocycles. The van der Waals surface area contributed by atoms with E-state index in [9.17, 15) is 24.6 Å². The van der Waals surface area contributed by atoms with Crippen LogP contribution in [0.15, 0.2) is 30.6 Å². The number of urea groups is 1. The van der Waals surface area contributed by atoms with Crippen molar-refractivity contribution in [2.24, 2.45) is 23.2 Å². The number of hydrogen-bond acceptors (Lipinski definition) is 19. The second-order valence-corrected chi connectivity index (χ2v) is 25.5. The number of halogens is 2. The highest BCUT2D eigenvalue weighted by atomic mass is 35.5. The quantitative estimate of drug-likeness (QED) is 0.110. The first-order chi connectivity index (χ1) is 40.1. The number of ether oxygens (including phenoxy) is 11. The predicted molar refractivity (Wildman–Crippen MR) is 309 cm³/mol. The molecule has 1 aromatic heterocycles. The first kappa shape index (κ1) is 66.3. The van der Waals surface area contributed by atoms with E-state index in [0.29, 0.717) is 32.1 Å². The molecule has 0 unspecified atom stereocenters. The van der Waals surface area contributed by atoms with Crippen LogP contribution in [0.3, 0.4) is 0 Å². The molecule has 1 aliphatic carbocycles. The molecule has 6 fully saturated rings. The van der Waals surface area contributed by atoms with Gasteiger partial charge in [0.15, 0.2) is 29.7 Å². The average Bonchev–Trinajstić information content (AvgIpc) is 1.48. The van der Waals surface area contributed by atoms with Gasteiger partial charge in [-0.25, -0.2) is 9.59 Å². The molecule has 5 aliphatic heterocycles. The number of carbonyl (C=O) groups is 5. The van der Waals surface area contributed by atoms with Crippen LogP contribution in [0.2, 0.25) is 10.0 Å². The molecule has 18 atom stereocenters. The number of hydrogen-bond donors (Lipinski definition) is 3. The summed E-state index contributed by atoms with van der Waals surface area (Å²) < 4.78 is 69.8. The van der Waals surface area contributed by atoms with Gasteiger partial charge in [-0.3, -0.25) is 24.3 Å². The van der Waals surface area contributed by atoms with E-state index in [4.69, 9.17) is 75.3 Å². The van der Waals surface area contributed by atoms with Crippen LogP contribution in [-0.2, 0) is 52.2 Å². The monoisotopic (exact) mass is 1240 g/mol. The van der Waals surface area contributed by atoms with Gasteiger partial charge >= 0.3 is 18.1 Å². The lowest BCUT2D eigenvalue weighted by molar-refractivity contribution is -0.319. The molecule has 5 saturated heterocycles. The molecule has 8 rings (SSSR count). The fraction of sp³-hybridized carbons (Fsp3) is 0.733. The van der Waals surface area contributed by atoms with Gasteiger partial charge < -0.3 is 77.4 Å². The van der Waals surface area contributed by atoms with Gasteiger partial charge in [0.2, 0.25) is 0 Å². The van der Waals surface area contributed by atoms with Gasteiger partial charge in [-0.2, -0.15) is 0 Å². The highest BCUT2D eigenvalue weighted by molar-refractivity contribution is 6.39. The van der Waals surface area contributed by atoms with Crippen molar-refractivity contribution in [3.05, 3.63) is 46.2 Å². The number of aromatic nitrogens is 1. The molecule has 2 aromatic rings. The second-order valence-electron chi connectivity index (χ2n) is 24.7. The number of Topliss-reactive ketones (excluding diaryl/α,β-unsaturated/α-hetero) is 1. The number of rotatable bonds is 16. The number of cyclic esters (lactones) is 1. The summed E-state index contributed by atoms with van der Waals surface area (Å²) >= 11 is 12.6. The van der Waals surface area contributed by atoms with Crippen LogP contribution in [-0.4, -0.2) is 211 Å². The number of morpholine rings is 1. The number of methoxy groups -OCH3 is 3. The Morgan fingerprint density at radius 2 is 1.58 bits per heavy atom. The summed E-state index contributed by atoms with van der Waals surface area (Å²) in [5.41, 5.74) is -6.36. The number of esters is 1. The van der Waals surface area contributed by atoms with Crippen molar-refractivity contribution in [2.45, 2.75) is 191 Å². The lowest BCUT2D eigenvalue weighted by Crippen LogP contribution is -2.63. The molecule has 1 spiro atoms. The Bertz CT molecular complexity index is 2740. The summed E-state index contributed by atoms with van der Waals surface area (Å²) in [7, 11) is 6.09. The lowest BCUT2D eigenvalue weighted by Gasteiger charge is -2.50. The van der Waals surface area contributed by atoms with Gasteiger partial charge in [-0.05, 0) is 91.8 Å². The van der Waals surface area contributed by atoms with Gasteiger partial charge in [0.25, 0.3) is 5.91 Å². The number of amides is 4. The van der Waals surface area contributed by atoms with Gasteiger partial charge in [0, 0.05) is 77.1 Å². The molecule has 4 amide bonds. The van der Waals surface area contributed by atoms with Gasteiger partial charge in [-0.15, -0.1) is 0 Å². The van der Waals surface area contributed by atoms with E-state index in [0.717, 1.165) is 0 Å². The Balaban J connectivity index is 1.13. The SMILES string of the molecule is CC[C@H]1OC(=O)[C@H](C)[C@@H](O[C@H]2C[C@@](C)(OC)[C@@H](O)[C@H](C)O2)[C@H](C)[C@@H](O[C@@H]2O[C@H](C)C[C@H](N(C)C(=O)N3CCOCC3)[C@H]2O)[C@](C)(OC)C[C@@H](C)C(=O)[C@]2(C)C[C@@]23N(CCCOc2cc(C(=O)Nc4c(Cl)cncc4Cl)ccc2OC)C(=O)O[C@]13C. The number of benzene rings is 1. The zero-order chi connectivity index (χ0) is 62.3. The van der Waals surface area contributed by atoms with Gasteiger partial charge in [-0.1, -0.05) is 50.9 Å². The molecule has 25 heteroatoms. The van der Waals surface area contributed by atoms with E-state index in [1.54, 1.807) is 70.5 Å². The van der Waals surface area contributed by atoms with Gasteiger partial charge in [0.05, 0.1) is 95.7 Å². The molecular weight excluding hydrogens is 1150 g/mol. The number of anilines is 1. The molecule has 0 radical (unpaired) electrons. The largest absolute Gasteiger partial charge is 0.493 e. The molecule has 3 N–H and O–H groups in total. The molecule has 6 aliphatic rings. The number of likely N-dealkylation sites (N-methyl/N-ethyl adjacent to an activating group) is 1. The molecule has 85 heavy (non-hydrogen) atoms. The second kappa shape index (κ2) is 26.2. The van der Waals surface area contributed by atoms with Crippen molar-refractivity contribution in [2.75, 3.05) is 73.1 Å². The average molecular weight is 1240 g/mol. The minimum atomic E-state index is -1.58. The predicted octanol–water partition coefficient (Wildman–Crippen LogP) is 7.31. The Morgan fingerprint density at radius 3 is 2.21 bits per heavy atom. The molecule has 0 bridgehead atoms. The zero-order valence-corrected chi connectivity index (χ0v) is 52.9. The molecule has 474 valence electrons. The van der Waals surface area contributed by atoms with E-state index in [1.807, 2.05) is 27.7 Å². The van der Waals surface area contributed by atoms with Crippen LogP contribution in [0.4, 0.5) is 15.3 Å². The first-order valence-electron chi connectivity index (χ1n) is 29.4. The molecular formula is C60H87Cl2N5O18. The highest BCUT2D eigenvalue weighted by Gasteiger charge is 2.85. The van der Waals surface area contributed by atoms with E-state index < -0.39 is 125 Å². The minimum absolute atomic E-state index is 0.0172. The first-order valence-corrected chi connectivity index (χ1v) is 30.2. The fourth-order valence-corrected chi connectivity index (χ4v) is 14.5. The number of aliphatic hydroxyl groups excluding tert-OH is 2. The number of nitrogens with one attached hydrogen (secondary N) is 1. The van der Waals surface area contributed by atoms with Crippen molar-refractivity contribution in [1.29, 1.82) is 0 Å². The van der Waals surface area contributed by atoms with Crippen molar-refractivity contribution in [3.63, 3.8) is 0 Å². The third kappa shape index (κ3) is 12.6. The summed E-state index contributed by atoms with van der Waals surface area (Å²) in [6.45, 7) is 19.3. The van der Waals surface area contributed by atoms with E-state index in [-0.39, 0.29) is 90.5 Å². The summed E-state index contributed by atoms with van der Waals surface area (Å²) in [6, 6.07) is 3.60. The summed E-state index contributed by atoms with van der Waals surface area (Å²) in [5.74, 6) is -3.68. The molecule has 1 saturated carbocycles.